The first-order chi connectivity index (χ1) is 11.1. The Balaban J connectivity index is 2.36. The predicted molar refractivity (Wildman–Crippen MR) is 90.0 cm³/mol. The summed E-state index contributed by atoms with van der Waals surface area (Å²) >= 11 is 0. The molecule has 0 spiro atoms. The van der Waals surface area contributed by atoms with Crippen molar-refractivity contribution < 1.29 is 9.53 Å². The van der Waals surface area contributed by atoms with Crippen molar-refractivity contribution in [1.29, 1.82) is 0 Å². The SMILES string of the molecule is CCCOc1cn(-c2ccccc2)nc1C(=O)N(C)C(C)CN. The van der Waals surface area contributed by atoms with Gasteiger partial charge in [0.1, 0.15) is 0 Å². The van der Waals surface area contributed by atoms with Gasteiger partial charge in [-0.05, 0) is 25.5 Å². The van der Waals surface area contributed by atoms with E-state index in [2.05, 4.69) is 5.10 Å². The molecule has 6 heteroatoms. The molecule has 1 unspecified atom stereocenters. The molecule has 6 nitrogen and oxygen atoms in total. The van der Waals surface area contributed by atoms with Crippen molar-refractivity contribution in [3.8, 4) is 11.4 Å². The van der Waals surface area contributed by atoms with Crippen LogP contribution in [0.3, 0.4) is 0 Å². The van der Waals surface area contributed by atoms with Crippen molar-refractivity contribution >= 4 is 5.91 Å². The van der Waals surface area contributed by atoms with Gasteiger partial charge in [0, 0.05) is 19.6 Å². The maximum Gasteiger partial charge on any atom is 0.278 e. The highest BCUT2D eigenvalue weighted by Gasteiger charge is 2.24. The number of aromatic nitrogens is 2. The van der Waals surface area contributed by atoms with E-state index in [4.69, 9.17) is 10.5 Å². The fourth-order valence-electron chi connectivity index (χ4n) is 2.06. The van der Waals surface area contributed by atoms with Crippen molar-refractivity contribution in [3.05, 3.63) is 42.2 Å². The molecule has 0 radical (unpaired) electrons. The third-order valence-electron chi connectivity index (χ3n) is 3.69. The number of carbonyl (C=O) groups excluding carboxylic acids is 1. The first-order valence-electron chi connectivity index (χ1n) is 7.83. The Kier molecular flexibility index (Phi) is 5.76. The minimum atomic E-state index is -0.191. The van der Waals surface area contributed by atoms with Crippen molar-refractivity contribution in [2.24, 2.45) is 5.73 Å². The van der Waals surface area contributed by atoms with E-state index in [0.717, 1.165) is 12.1 Å². The van der Waals surface area contributed by atoms with E-state index in [1.165, 1.54) is 0 Å². The average Bonchev–Trinajstić information content (AvgIpc) is 3.02. The Bertz CT molecular complexity index is 639. The van der Waals surface area contributed by atoms with Gasteiger partial charge in [-0.2, -0.15) is 5.10 Å². The molecule has 0 bridgehead atoms. The maximum atomic E-state index is 12.7. The Hall–Kier alpha value is -2.34. The van der Waals surface area contributed by atoms with E-state index in [1.807, 2.05) is 44.2 Å². The van der Waals surface area contributed by atoms with Gasteiger partial charge >= 0.3 is 0 Å². The van der Waals surface area contributed by atoms with E-state index >= 15 is 0 Å². The number of benzene rings is 1. The van der Waals surface area contributed by atoms with Crippen LogP contribution in [0.25, 0.3) is 5.69 Å². The molecule has 2 N–H and O–H groups in total. The molecule has 23 heavy (non-hydrogen) atoms. The summed E-state index contributed by atoms with van der Waals surface area (Å²) in [6.45, 7) is 4.86. The number of rotatable bonds is 7. The Morgan fingerprint density at radius 1 is 1.39 bits per heavy atom. The quantitative estimate of drug-likeness (QED) is 0.849. The normalized spacial score (nSPS) is 12.0. The zero-order valence-corrected chi connectivity index (χ0v) is 13.9. The molecule has 124 valence electrons. The van der Waals surface area contributed by atoms with Crippen molar-refractivity contribution in [1.82, 2.24) is 14.7 Å². The largest absolute Gasteiger partial charge is 0.489 e. The van der Waals surface area contributed by atoms with Crippen LogP contribution in [0, 0.1) is 0 Å². The van der Waals surface area contributed by atoms with Gasteiger partial charge in [0.25, 0.3) is 5.91 Å². The molecule has 1 aromatic carbocycles. The van der Waals surface area contributed by atoms with Gasteiger partial charge < -0.3 is 15.4 Å². The molecule has 1 atom stereocenters. The number of hydrogen-bond donors (Lipinski definition) is 1. The molecule has 2 aromatic rings. The van der Waals surface area contributed by atoms with Crippen LogP contribution in [-0.2, 0) is 0 Å². The number of nitrogens with zero attached hydrogens (tertiary/aromatic N) is 3. The zero-order chi connectivity index (χ0) is 16.8. The van der Waals surface area contributed by atoms with Crippen LogP contribution in [0.1, 0.15) is 30.8 Å². The fraction of sp³-hybridized carbons (Fsp3) is 0.412. The van der Waals surface area contributed by atoms with E-state index < -0.39 is 0 Å². The molecular weight excluding hydrogens is 292 g/mol. The minimum absolute atomic E-state index is 0.0663. The van der Waals surface area contributed by atoms with E-state index in [9.17, 15) is 4.79 Å². The predicted octanol–water partition coefficient (Wildman–Crippen LogP) is 2.08. The second kappa shape index (κ2) is 7.78. The highest BCUT2D eigenvalue weighted by atomic mass is 16.5. The number of para-hydroxylation sites is 1. The molecular formula is C17H24N4O2. The monoisotopic (exact) mass is 316 g/mol. The highest BCUT2D eigenvalue weighted by Crippen LogP contribution is 2.22. The molecule has 0 fully saturated rings. The first-order valence-corrected chi connectivity index (χ1v) is 7.83. The van der Waals surface area contributed by atoms with Crippen LogP contribution in [0.2, 0.25) is 0 Å². The third-order valence-corrected chi connectivity index (χ3v) is 3.69. The van der Waals surface area contributed by atoms with Crippen LogP contribution in [-0.4, -0.2) is 46.8 Å². The van der Waals surface area contributed by atoms with Gasteiger partial charge in [-0.1, -0.05) is 25.1 Å². The molecule has 0 saturated heterocycles. The number of hydrogen-bond acceptors (Lipinski definition) is 4. The van der Waals surface area contributed by atoms with Crippen molar-refractivity contribution in [2.75, 3.05) is 20.2 Å². The molecule has 0 aliphatic heterocycles. The molecule has 0 aliphatic rings. The number of amides is 1. The summed E-state index contributed by atoms with van der Waals surface area (Å²) in [6, 6.07) is 9.57. The molecule has 0 aliphatic carbocycles. The third kappa shape index (κ3) is 3.90. The lowest BCUT2D eigenvalue weighted by molar-refractivity contribution is 0.0737. The van der Waals surface area contributed by atoms with Gasteiger partial charge in [0.05, 0.1) is 18.5 Å². The second-order valence-electron chi connectivity index (χ2n) is 5.47. The maximum absolute atomic E-state index is 12.7. The summed E-state index contributed by atoms with van der Waals surface area (Å²) in [4.78, 5) is 14.3. The Morgan fingerprint density at radius 3 is 2.70 bits per heavy atom. The topological polar surface area (TPSA) is 73.4 Å². The molecule has 0 saturated carbocycles. The second-order valence-corrected chi connectivity index (χ2v) is 5.47. The molecule has 1 amide bonds. The summed E-state index contributed by atoms with van der Waals surface area (Å²) < 4.78 is 7.38. The lowest BCUT2D eigenvalue weighted by atomic mass is 10.2. The van der Waals surface area contributed by atoms with Crippen LogP contribution in [0.5, 0.6) is 5.75 Å². The fourth-order valence-corrected chi connectivity index (χ4v) is 2.06. The lowest BCUT2D eigenvalue weighted by Gasteiger charge is -2.22. The Morgan fingerprint density at radius 2 is 2.09 bits per heavy atom. The van der Waals surface area contributed by atoms with Gasteiger partial charge in [-0.3, -0.25) is 4.79 Å². The standard InChI is InChI=1S/C17H24N4O2/c1-4-10-23-15-12-21(14-8-6-5-7-9-14)19-16(15)17(22)20(3)13(2)11-18/h5-9,12-13H,4,10-11,18H2,1-3H3. The van der Waals surface area contributed by atoms with Crippen LogP contribution in [0.15, 0.2) is 36.5 Å². The van der Waals surface area contributed by atoms with Gasteiger partial charge in [0.2, 0.25) is 0 Å². The van der Waals surface area contributed by atoms with Gasteiger partial charge in [-0.15, -0.1) is 0 Å². The average molecular weight is 316 g/mol. The summed E-state index contributed by atoms with van der Waals surface area (Å²) in [6.07, 6.45) is 2.61. The number of ether oxygens (including phenoxy) is 1. The van der Waals surface area contributed by atoms with Crippen LogP contribution < -0.4 is 10.5 Å². The van der Waals surface area contributed by atoms with Crippen molar-refractivity contribution in [2.45, 2.75) is 26.3 Å². The highest BCUT2D eigenvalue weighted by molar-refractivity contribution is 5.95. The van der Waals surface area contributed by atoms with Crippen LogP contribution >= 0.6 is 0 Å². The summed E-state index contributed by atoms with van der Waals surface area (Å²) in [5.41, 5.74) is 6.84. The van der Waals surface area contributed by atoms with E-state index in [1.54, 1.807) is 22.8 Å². The molecule has 1 heterocycles. The summed E-state index contributed by atoms with van der Waals surface area (Å²) in [5, 5.41) is 4.43. The van der Waals surface area contributed by atoms with Crippen LogP contribution in [0.4, 0.5) is 0 Å². The summed E-state index contributed by atoms with van der Waals surface area (Å²) in [7, 11) is 1.73. The first kappa shape index (κ1) is 17.0. The number of likely N-dealkylation sites (N-methyl/N-ethyl adjacent to an activating group) is 1. The number of nitrogens with two attached hydrogens (primary N) is 1. The van der Waals surface area contributed by atoms with Gasteiger partial charge in [0.15, 0.2) is 11.4 Å². The van der Waals surface area contributed by atoms with Gasteiger partial charge in [-0.25, -0.2) is 4.68 Å². The van der Waals surface area contributed by atoms with Crippen molar-refractivity contribution in [3.63, 3.8) is 0 Å². The van der Waals surface area contributed by atoms with E-state index in [-0.39, 0.29) is 11.9 Å². The van der Waals surface area contributed by atoms with E-state index in [0.29, 0.717) is 24.6 Å². The molecule has 2 rings (SSSR count). The minimum Gasteiger partial charge on any atom is -0.489 e. The lowest BCUT2D eigenvalue weighted by Crippen LogP contribution is -2.40. The number of carbonyl (C=O) groups is 1. The zero-order valence-electron chi connectivity index (χ0n) is 13.9. The Labute approximate surface area is 136 Å². The smallest absolute Gasteiger partial charge is 0.278 e. The molecule has 1 aromatic heterocycles. The summed E-state index contributed by atoms with van der Waals surface area (Å²) in [5.74, 6) is 0.306.